The van der Waals surface area contributed by atoms with Gasteiger partial charge in [-0.15, -0.1) is 0 Å². The highest BCUT2D eigenvalue weighted by Crippen LogP contribution is 2.58. The fourth-order valence-electron chi connectivity index (χ4n) is 8.55. The van der Waals surface area contributed by atoms with Crippen LogP contribution in [0, 0.1) is 5.41 Å². The van der Waals surface area contributed by atoms with Gasteiger partial charge < -0.3 is 54.5 Å². The minimum atomic E-state index is -1.52. The fraction of sp³-hybridized carbons (Fsp3) is 0.556. The number of fused-ring (bicyclic) bond motifs is 5. The fourth-order valence-corrected chi connectivity index (χ4v) is 8.55. The number of hydrogen-bond donors (Lipinski definition) is 6. The van der Waals surface area contributed by atoms with Crippen molar-refractivity contribution >= 4 is 18.0 Å². The van der Waals surface area contributed by atoms with E-state index >= 15 is 0 Å². The number of rotatable bonds is 10. The van der Waals surface area contributed by atoms with E-state index in [1.807, 2.05) is 48.5 Å². The lowest BCUT2D eigenvalue weighted by Gasteiger charge is -2.48. The topological polar surface area (TPSA) is 206 Å². The third-order valence-electron chi connectivity index (χ3n) is 10.9. The Labute approximate surface area is 293 Å². The number of aliphatic hydroxyl groups excluding tert-OH is 5. The third-order valence-corrected chi connectivity index (χ3v) is 10.9. The van der Waals surface area contributed by atoms with E-state index in [9.17, 15) is 35.1 Å². The summed E-state index contributed by atoms with van der Waals surface area (Å²) in [6, 6.07) is 14.4. The first-order chi connectivity index (χ1) is 24.7. The smallest absolute Gasteiger partial charge is 0.327 e. The molecular weight excluding hydrogens is 668 g/mol. The Kier molecular flexibility index (Phi) is 9.26. The van der Waals surface area contributed by atoms with E-state index in [1.165, 1.54) is 5.06 Å². The van der Waals surface area contributed by atoms with Crippen LogP contribution in [-0.4, -0.2) is 136 Å². The van der Waals surface area contributed by atoms with Crippen LogP contribution in [0.3, 0.4) is 0 Å². The highest BCUT2D eigenvalue weighted by molar-refractivity contribution is 5.93. The molecule has 2 aliphatic carbocycles. The summed E-state index contributed by atoms with van der Waals surface area (Å²) in [4.78, 5) is 34.4. The molecular formula is C36H42N2O13. The minimum Gasteiger partial charge on any atom is -0.458 e. The summed E-state index contributed by atoms with van der Waals surface area (Å²) < 4.78 is 30.2. The quantitative estimate of drug-likeness (QED) is 0.159. The van der Waals surface area contributed by atoms with Crippen LogP contribution >= 0.6 is 0 Å². The van der Waals surface area contributed by atoms with E-state index in [-0.39, 0.29) is 32.7 Å². The number of esters is 1. The molecule has 2 aromatic carbocycles. The third kappa shape index (κ3) is 5.90. The summed E-state index contributed by atoms with van der Waals surface area (Å²) in [5, 5.41) is 53.3. The second-order valence-corrected chi connectivity index (χ2v) is 14.1. The summed E-state index contributed by atoms with van der Waals surface area (Å²) in [5.74, 6) is -1.94. The molecule has 0 radical (unpaired) electrons. The van der Waals surface area contributed by atoms with Crippen LogP contribution in [0.5, 0.6) is 0 Å². The first kappa shape index (κ1) is 34.7. The molecule has 2 aromatic rings. The molecule has 11 atom stereocenters. The number of nitrogens with one attached hydrogen (secondary N) is 1. The molecule has 0 aromatic heterocycles. The Balaban J connectivity index is 0.974. The molecule has 1 amide bonds. The van der Waals surface area contributed by atoms with E-state index in [2.05, 4.69) is 5.32 Å². The van der Waals surface area contributed by atoms with Crippen LogP contribution < -0.4 is 5.32 Å². The lowest BCUT2D eigenvalue weighted by atomic mass is 9.62. The molecule has 4 aliphatic heterocycles. The zero-order chi connectivity index (χ0) is 35.5. The van der Waals surface area contributed by atoms with Crippen molar-refractivity contribution in [2.24, 2.45) is 5.41 Å². The first-order valence-corrected chi connectivity index (χ1v) is 17.3. The average Bonchev–Trinajstić information content (AvgIpc) is 3.81. The molecule has 6 aliphatic rings. The molecule has 8 rings (SSSR count). The van der Waals surface area contributed by atoms with Crippen molar-refractivity contribution in [3.05, 3.63) is 76.9 Å². The SMILES string of the molecule is O=C1OC2CC3(C(=O)NCCO)C(ON(Cc4ccc(C=CCOC5OC(CO)C(O)C(O)C5O)cc4)C13)C1OC3(Cc4ccccc4C3)OC21. The molecule has 2 bridgehead atoms. The zero-order valence-electron chi connectivity index (χ0n) is 27.7. The van der Waals surface area contributed by atoms with Gasteiger partial charge in [-0.3, -0.25) is 14.4 Å². The van der Waals surface area contributed by atoms with Gasteiger partial charge in [-0.2, -0.15) is 5.06 Å². The number of carbonyl (C=O) groups excluding carboxylic acids is 2. The Morgan fingerprint density at radius 2 is 1.71 bits per heavy atom. The largest absolute Gasteiger partial charge is 0.458 e. The van der Waals surface area contributed by atoms with Crippen molar-refractivity contribution in [3.8, 4) is 0 Å². The van der Waals surface area contributed by atoms with Crippen LogP contribution in [0.1, 0.15) is 28.7 Å². The maximum Gasteiger partial charge on any atom is 0.327 e. The predicted octanol–water partition coefficient (Wildman–Crippen LogP) is -1.30. The molecule has 51 heavy (non-hydrogen) atoms. The second kappa shape index (κ2) is 13.6. The average molecular weight is 711 g/mol. The molecule has 5 fully saturated rings. The van der Waals surface area contributed by atoms with Gasteiger partial charge in [0.25, 0.3) is 0 Å². The van der Waals surface area contributed by atoms with Gasteiger partial charge in [0.1, 0.15) is 54.2 Å². The summed E-state index contributed by atoms with van der Waals surface area (Å²) in [6.07, 6.45) is -4.92. The van der Waals surface area contributed by atoms with Gasteiger partial charge in [0.05, 0.1) is 26.4 Å². The summed E-state index contributed by atoms with van der Waals surface area (Å²) in [7, 11) is 0. The lowest BCUT2D eigenvalue weighted by Crippen LogP contribution is -2.69. The standard InChI is InChI=1S/C36H42N2O13/c39-12-11-37-34(45)36-16-23-28-29(50-35(49-28)14-21-5-1-2-6-22(21)15-35)31(36)51-38(30(36)32(44)47-23)17-20-9-7-19(8-10-20)4-3-13-46-33-27(43)26(42)25(41)24(18-40)48-33/h1-10,23-31,33,39-43H,11-18H2,(H,37,45). The monoisotopic (exact) mass is 710 g/mol. The van der Waals surface area contributed by atoms with Gasteiger partial charge >= 0.3 is 5.97 Å². The van der Waals surface area contributed by atoms with E-state index in [1.54, 1.807) is 12.2 Å². The molecule has 11 unspecified atom stereocenters. The van der Waals surface area contributed by atoms with Crippen LogP contribution in [0.2, 0.25) is 0 Å². The Bertz CT molecular complexity index is 1630. The van der Waals surface area contributed by atoms with E-state index in [0.29, 0.717) is 12.8 Å². The number of nitrogens with zero attached hydrogens (tertiary/aromatic N) is 1. The lowest BCUT2D eigenvalue weighted by molar-refractivity contribution is -0.298. The molecule has 4 heterocycles. The van der Waals surface area contributed by atoms with E-state index in [4.69, 9.17) is 28.5 Å². The predicted molar refractivity (Wildman–Crippen MR) is 173 cm³/mol. The molecule has 15 nitrogen and oxygen atoms in total. The molecule has 4 saturated heterocycles. The maximum absolute atomic E-state index is 14.0. The number of amides is 1. The Morgan fingerprint density at radius 3 is 2.41 bits per heavy atom. The van der Waals surface area contributed by atoms with Crippen molar-refractivity contribution in [1.82, 2.24) is 10.4 Å². The maximum atomic E-state index is 14.0. The van der Waals surface area contributed by atoms with Crippen LogP contribution in [0.4, 0.5) is 0 Å². The van der Waals surface area contributed by atoms with E-state index < -0.39 is 90.8 Å². The number of hydrogen-bond acceptors (Lipinski definition) is 14. The molecule has 1 saturated carbocycles. The van der Waals surface area contributed by atoms with Crippen molar-refractivity contribution < 1.29 is 63.6 Å². The van der Waals surface area contributed by atoms with Crippen molar-refractivity contribution in [2.45, 2.75) is 92.8 Å². The summed E-state index contributed by atoms with van der Waals surface area (Å²) in [5.41, 5.74) is 2.53. The van der Waals surface area contributed by atoms with Crippen LogP contribution in [0.15, 0.2) is 54.6 Å². The Hall–Kier alpha value is -3.32. The van der Waals surface area contributed by atoms with Gasteiger partial charge in [0.2, 0.25) is 5.91 Å². The van der Waals surface area contributed by atoms with Gasteiger partial charge in [-0.05, 0) is 22.3 Å². The normalized spacial score (nSPS) is 37.8. The molecule has 1 spiro atoms. The number of benzene rings is 2. The van der Waals surface area contributed by atoms with E-state index in [0.717, 1.165) is 22.3 Å². The highest BCUT2D eigenvalue weighted by Gasteiger charge is 2.76. The molecule has 6 N–H and O–H groups in total. The first-order valence-electron chi connectivity index (χ1n) is 17.3. The summed E-state index contributed by atoms with van der Waals surface area (Å²) >= 11 is 0. The van der Waals surface area contributed by atoms with Gasteiger partial charge in [0.15, 0.2) is 18.1 Å². The highest BCUT2D eigenvalue weighted by atomic mass is 16.8. The minimum absolute atomic E-state index is 0.0139. The van der Waals surface area contributed by atoms with Crippen molar-refractivity contribution in [2.75, 3.05) is 26.4 Å². The van der Waals surface area contributed by atoms with Crippen LogP contribution in [-0.2, 0) is 57.5 Å². The van der Waals surface area contributed by atoms with Gasteiger partial charge in [-0.25, -0.2) is 0 Å². The number of ether oxygens (including phenoxy) is 5. The van der Waals surface area contributed by atoms with Crippen molar-refractivity contribution in [3.63, 3.8) is 0 Å². The number of aliphatic hydroxyl groups is 5. The second-order valence-electron chi connectivity index (χ2n) is 14.1. The van der Waals surface area contributed by atoms with Gasteiger partial charge in [0, 0.05) is 25.8 Å². The molecule has 15 heteroatoms. The zero-order valence-corrected chi connectivity index (χ0v) is 27.7. The molecule has 274 valence electrons. The van der Waals surface area contributed by atoms with Crippen molar-refractivity contribution in [1.29, 1.82) is 0 Å². The number of carbonyl (C=O) groups is 2. The van der Waals surface area contributed by atoms with Gasteiger partial charge in [-0.1, -0.05) is 60.7 Å². The summed E-state index contributed by atoms with van der Waals surface area (Å²) in [6.45, 7) is -0.610. The Morgan fingerprint density at radius 1 is 0.980 bits per heavy atom. The van der Waals surface area contributed by atoms with Crippen LogP contribution in [0.25, 0.3) is 6.08 Å². The number of hydroxylamine groups is 2.